The Hall–Kier alpha value is -3.35. The van der Waals surface area contributed by atoms with Crippen LogP contribution in [0, 0.1) is 0 Å². The van der Waals surface area contributed by atoms with Gasteiger partial charge < -0.3 is 15.1 Å². The number of nitrogens with zero attached hydrogens (tertiary/aromatic N) is 2. The summed E-state index contributed by atoms with van der Waals surface area (Å²) in [5, 5.41) is 10.0. The third-order valence-electron chi connectivity index (χ3n) is 4.23. The minimum Gasteiger partial charge on any atom is -0.459 e. The van der Waals surface area contributed by atoms with Gasteiger partial charge in [-0.05, 0) is 63.6 Å². The van der Waals surface area contributed by atoms with Gasteiger partial charge in [-0.25, -0.2) is 0 Å². The van der Waals surface area contributed by atoms with Crippen molar-refractivity contribution < 1.29 is 14.0 Å². The van der Waals surface area contributed by atoms with Gasteiger partial charge >= 0.3 is 0 Å². The van der Waals surface area contributed by atoms with E-state index in [1.807, 2.05) is 11.6 Å². The first-order valence-corrected chi connectivity index (χ1v) is 9.13. The van der Waals surface area contributed by atoms with Gasteiger partial charge in [0.15, 0.2) is 5.76 Å². The number of benzene rings is 1. The first-order chi connectivity index (χ1) is 13.3. The molecule has 2 aromatic heterocycles. The molecule has 28 heavy (non-hydrogen) atoms. The van der Waals surface area contributed by atoms with E-state index >= 15 is 0 Å². The van der Waals surface area contributed by atoms with Crippen LogP contribution in [0.1, 0.15) is 54.3 Å². The number of furan rings is 1. The average molecular weight is 380 g/mol. The average Bonchev–Trinajstić information content (AvgIpc) is 3.32. The zero-order chi connectivity index (χ0) is 20.3. The van der Waals surface area contributed by atoms with Crippen LogP contribution < -0.4 is 10.6 Å². The Morgan fingerprint density at radius 3 is 2.14 bits per heavy atom. The third kappa shape index (κ3) is 4.14. The molecule has 3 rings (SSSR count). The summed E-state index contributed by atoms with van der Waals surface area (Å²) in [7, 11) is 0. The van der Waals surface area contributed by atoms with Crippen LogP contribution in [0.25, 0.3) is 0 Å². The van der Waals surface area contributed by atoms with Crippen LogP contribution in [-0.4, -0.2) is 21.6 Å². The number of rotatable bonds is 5. The van der Waals surface area contributed by atoms with Crippen molar-refractivity contribution in [2.45, 2.75) is 39.7 Å². The topological polar surface area (TPSA) is 89.2 Å². The highest BCUT2D eigenvalue weighted by atomic mass is 16.3. The number of nitrogens with one attached hydrogen (secondary N) is 2. The van der Waals surface area contributed by atoms with Crippen molar-refractivity contribution in [3.8, 4) is 0 Å². The summed E-state index contributed by atoms with van der Waals surface area (Å²) in [6.07, 6.45) is 3.76. The molecular weight excluding hydrogens is 356 g/mol. The van der Waals surface area contributed by atoms with Crippen LogP contribution >= 0.6 is 0 Å². The quantitative estimate of drug-likeness (QED) is 0.691. The molecule has 2 amide bonds. The second-order valence-corrected chi connectivity index (χ2v) is 7.40. The standard InChI is InChI=1S/C21H24N4O3/c1-5-17-16(13-22-25(17)21(2,3)4)19(26)23-14-8-10-15(11-9-14)24-20(27)18-7-6-12-28-18/h6-13H,5H2,1-4H3,(H,23,26)(H,24,27). The number of hydrogen-bond donors (Lipinski definition) is 2. The maximum atomic E-state index is 12.7. The second kappa shape index (κ2) is 7.72. The molecule has 0 aliphatic rings. The molecule has 0 fully saturated rings. The maximum Gasteiger partial charge on any atom is 0.291 e. The summed E-state index contributed by atoms with van der Waals surface area (Å²) in [6, 6.07) is 10.1. The molecule has 7 nitrogen and oxygen atoms in total. The van der Waals surface area contributed by atoms with E-state index in [0.29, 0.717) is 23.4 Å². The number of anilines is 2. The molecule has 146 valence electrons. The van der Waals surface area contributed by atoms with Crippen molar-refractivity contribution in [2.24, 2.45) is 0 Å². The Morgan fingerprint density at radius 1 is 1.04 bits per heavy atom. The lowest BCUT2D eigenvalue weighted by Gasteiger charge is -2.22. The summed E-state index contributed by atoms with van der Waals surface area (Å²) in [4.78, 5) is 24.7. The SMILES string of the molecule is CCc1c(C(=O)Nc2ccc(NC(=O)c3ccco3)cc2)cnn1C(C)(C)C. The van der Waals surface area contributed by atoms with Crippen molar-refractivity contribution in [2.75, 3.05) is 10.6 Å². The lowest BCUT2D eigenvalue weighted by atomic mass is 10.1. The fraction of sp³-hybridized carbons (Fsp3) is 0.286. The lowest BCUT2D eigenvalue weighted by molar-refractivity contribution is 0.0994. The van der Waals surface area contributed by atoms with E-state index in [2.05, 4.69) is 36.5 Å². The minimum absolute atomic E-state index is 0.197. The van der Waals surface area contributed by atoms with Gasteiger partial charge in [0.25, 0.3) is 11.8 Å². The summed E-state index contributed by atoms with van der Waals surface area (Å²) in [5.74, 6) is -0.302. The van der Waals surface area contributed by atoms with Gasteiger partial charge in [0.1, 0.15) is 0 Å². The van der Waals surface area contributed by atoms with Crippen LogP contribution in [0.2, 0.25) is 0 Å². The van der Waals surface area contributed by atoms with Gasteiger partial charge in [0.2, 0.25) is 0 Å². The van der Waals surface area contributed by atoms with Gasteiger partial charge in [-0.15, -0.1) is 0 Å². The van der Waals surface area contributed by atoms with Crippen LogP contribution in [0.5, 0.6) is 0 Å². The molecule has 0 atom stereocenters. The number of amides is 2. The summed E-state index contributed by atoms with van der Waals surface area (Å²) >= 11 is 0. The number of carbonyl (C=O) groups is 2. The molecule has 0 saturated carbocycles. The molecule has 0 spiro atoms. The number of carbonyl (C=O) groups excluding carboxylic acids is 2. The highest BCUT2D eigenvalue weighted by Gasteiger charge is 2.23. The third-order valence-corrected chi connectivity index (χ3v) is 4.23. The first kappa shape index (κ1) is 19.4. The van der Waals surface area contributed by atoms with Crippen LogP contribution in [0.4, 0.5) is 11.4 Å². The first-order valence-electron chi connectivity index (χ1n) is 9.13. The summed E-state index contributed by atoms with van der Waals surface area (Å²) in [5.41, 5.74) is 2.50. The molecular formula is C21H24N4O3. The second-order valence-electron chi connectivity index (χ2n) is 7.40. The highest BCUT2D eigenvalue weighted by Crippen LogP contribution is 2.21. The van der Waals surface area contributed by atoms with Gasteiger partial charge in [0.05, 0.1) is 29.3 Å². The molecule has 0 aliphatic carbocycles. The van der Waals surface area contributed by atoms with E-state index in [1.165, 1.54) is 6.26 Å². The molecule has 0 unspecified atom stereocenters. The Bertz CT molecular complexity index is 964. The molecule has 2 heterocycles. The molecule has 2 N–H and O–H groups in total. The number of hydrogen-bond acceptors (Lipinski definition) is 4. The molecule has 0 aliphatic heterocycles. The maximum absolute atomic E-state index is 12.7. The predicted octanol–water partition coefficient (Wildman–Crippen LogP) is 4.30. The van der Waals surface area contributed by atoms with Crippen LogP contribution in [-0.2, 0) is 12.0 Å². The van der Waals surface area contributed by atoms with E-state index in [1.54, 1.807) is 42.6 Å². The van der Waals surface area contributed by atoms with Crippen molar-refractivity contribution in [3.63, 3.8) is 0 Å². The molecule has 7 heteroatoms. The predicted molar refractivity (Wildman–Crippen MR) is 108 cm³/mol. The summed E-state index contributed by atoms with van der Waals surface area (Å²) < 4.78 is 6.95. The normalized spacial score (nSPS) is 11.3. The van der Waals surface area contributed by atoms with Crippen molar-refractivity contribution in [1.82, 2.24) is 9.78 Å². The zero-order valence-electron chi connectivity index (χ0n) is 16.4. The van der Waals surface area contributed by atoms with Crippen molar-refractivity contribution >= 4 is 23.2 Å². The Morgan fingerprint density at radius 2 is 1.64 bits per heavy atom. The van der Waals surface area contributed by atoms with Crippen molar-refractivity contribution in [3.05, 3.63) is 65.9 Å². The minimum atomic E-state index is -0.330. The number of aromatic nitrogens is 2. The molecule has 0 saturated heterocycles. The van der Waals surface area contributed by atoms with Crippen LogP contribution in [0.15, 0.2) is 53.3 Å². The fourth-order valence-corrected chi connectivity index (χ4v) is 2.92. The van der Waals surface area contributed by atoms with E-state index in [4.69, 9.17) is 4.42 Å². The molecule has 1 aromatic carbocycles. The monoisotopic (exact) mass is 380 g/mol. The van der Waals surface area contributed by atoms with E-state index < -0.39 is 0 Å². The van der Waals surface area contributed by atoms with Gasteiger partial charge in [-0.1, -0.05) is 6.92 Å². The molecule has 0 bridgehead atoms. The van der Waals surface area contributed by atoms with Gasteiger partial charge in [-0.3, -0.25) is 14.3 Å². The highest BCUT2D eigenvalue weighted by molar-refractivity contribution is 6.05. The molecule has 3 aromatic rings. The molecule has 0 radical (unpaired) electrons. The van der Waals surface area contributed by atoms with E-state index in [9.17, 15) is 9.59 Å². The fourth-order valence-electron chi connectivity index (χ4n) is 2.92. The van der Waals surface area contributed by atoms with Gasteiger partial charge in [-0.2, -0.15) is 5.10 Å². The van der Waals surface area contributed by atoms with Gasteiger partial charge in [0, 0.05) is 11.4 Å². The van der Waals surface area contributed by atoms with Crippen molar-refractivity contribution in [1.29, 1.82) is 0 Å². The lowest BCUT2D eigenvalue weighted by Crippen LogP contribution is -2.26. The largest absolute Gasteiger partial charge is 0.459 e. The van der Waals surface area contributed by atoms with Crippen LogP contribution in [0.3, 0.4) is 0 Å². The Kier molecular flexibility index (Phi) is 5.35. The Labute approximate surface area is 163 Å². The Balaban J connectivity index is 1.70. The zero-order valence-corrected chi connectivity index (χ0v) is 16.4. The smallest absolute Gasteiger partial charge is 0.291 e. The van der Waals surface area contributed by atoms with E-state index in [0.717, 1.165) is 5.69 Å². The summed E-state index contributed by atoms with van der Waals surface area (Å²) in [6.45, 7) is 8.16. The van der Waals surface area contributed by atoms with E-state index in [-0.39, 0.29) is 23.1 Å².